The third-order valence-corrected chi connectivity index (χ3v) is 3.81. The quantitative estimate of drug-likeness (QED) is 0.732. The molecular formula is C18H17N3O4. The summed E-state index contributed by atoms with van der Waals surface area (Å²) in [6.07, 6.45) is 0. The number of nitrogens with one attached hydrogen (secondary N) is 2. The Bertz CT molecular complexity index is 970. The van der Waals surface area contributed by atoms with Crippen molar-refractivity contribution in [1.82, 2.24) is 15.2 Å². The van der Waals surface area contributed by atoms with E-state index in [2.05, 4.69) is 10.6 Å². The minimum atomic E-state index is -0.564. The van der Waals surface area contributed by atoms with E-state index in [1.54, 1.807) is 55.6 Å². The van der Waals surface area contributed by atoms with Gasteiger partial charge in [0.15, 0.2) is 5.58 Å². The number of oxazole rings is 1. The van der Waals surface area contributed by atoms with Crippen LogP contribution in [-0.2, 0) is 17.9 Å². The van der Waals surface area contributed by atoms with Crippen molar-refractivity contribution in [3.05, 3.63) is 70.2 Å². The van der Waals surface area contributed by atoms with Gasteiger partial charge in [-0.15, -0.1) is 0 Å². The molecule has 2 N–H and O–H groups in total. The fourth-order valence-electron chi connectivity index (χ4n) is 2.48. The van der Waals surface area contributed by atoms with Crippen LogP contribution in [0.3, 0.4) is 0 Å². The van der Waals surface area contributed by atoms with Crippen LogP contribution >= 0.6 is 0 Å². The summed E-state index contributed by atoms with van der Waals surface area (Å²) >= 11 is 0. The highest BCUT2D eigenvalue weighted by molar-refractivity contribution is 5.93. The number of hydrogen-bond acceptors (Lipinski definition) is 4. The Morgan fingerprint density at radius 1 is 1.08 bits per heavy atom. The number of fused-ring (bicyclic) bond motifs is 1. The molecule has 0 bridgehead atoms. The van der Waals surface area contributed by atoms with E-state index in [0.717, 1.165) is 5.56 Å². The summed E-state index contributed by atoms with van der Waals surface area (Å²) in [7, 11) is 1.57. The second kappa shape index (κ2) is 7.04. The number of hydrogen-bond donors (Lipinski definition) is 2. The number of amides is 2. The minimum Gasteiger partial charge on any atom is -0.408 e. The van der Waals surface area contributed by atoms with Gasteiger partial charge < -0.3 is 15.1 Å². The number of aromatic nitrogens is 1. The molecule has 0 fully saturated rings. The van der Waals surface area contributed by atoms with Gasteiger partial charge in [-0.25, -0.2) is 4.79 Å². The van der Waals surface area contributed by atoms with E-state index >= 15 is 0 Å². The Kier molecular flexibility index (Phi) is 4.65. The number of para-hydroxylation sites is 2. The molecule has 0 spiro atoms. The highest BCUT2D eigenvalue weighted by Gasteiger charge is 2.12. The number of carbonyl (C=O) groups excluding carboxylic acids is 2. The van der Waals surface area contributed by atoms with Gasteiger partial charge in [-0.2, -0.15) is 0 Å². The van der Waals surface area contributed by atoms with E-state index in [1.165, 1.54) is 4.57 Å². The van der Waals surface area contributed by atoms with E-state index in [9.17, 15) is 14.4 Å². The number of carbonyl (C=O) groups is 2. The van der Waals surface area contributed by atoms with Crippen molar-refractivity contribution in [2.24, 2.45) is 0 Å². The van der Waals surface area contributed by atoms with Crippen LogP contribution in [0.15, 0.2) is 57.7 Å². The molecule has 0 saturated heterocycles. The van der Waals surface area contributed by atoms with Crippen molar-refractivity contribution < 1.29 is 14.0 Å². The summed E-state index contributed by atoms with van der Waals surface area (Å²) in [4.78, 5) is 35.5. The molecule has 7 nitrogen and oxygen atoms in total. The average molecular weight is 339 g/mol. The van der Waals surface area contributed by atoms with Crippen LogP contribution in [0.5, 0.6) is 0 Å². The van der Waals surface area contributed by atoms with E-state index in [1.807, 2.05) is 0 Å². The topological polar surface area (TPSA) is 93.3 Å². The monoisotopic (exact) mass is 339 g/mol. The molecule has 0 aliphatic rings. The zero-order valence-corrected chi connectivity index (χ0v) is 13.6. The predicted octanol–water partition coefficient (Wildman–Crippen LogP) is 1.27. The van der Waals surface area contributed by atoms with Crippen LogP contribution in [0.2, 0.25) is 0 Å². The Morgan fingerprint density at radius 2 is 1.80 bits per heavy atom. The van der Waals surface area contributed by atoms with Crippen molar-refractivity contribution >= 4 is 22.9 Å². The fraction of sp³-hybridized carbons (Fsp3) is 0.167. The number of rotatable bonds is 5. The maximum absolute atomic E-state index is 12.1. The maximum Gasteiger partial charge on any atom is 0.420 e. The highest BCUT2D eigenvalue weighted by atomic mass is 16.4. The molecule has 0 aliphatic carbocycles. The largest absolute Gasteiger partial charge is 0.420 e. The standard InChI is InChI=1S/C18H17N3O4/c1-19-17(23)13-8-6-12(7-9-13)10-20-16(22)11-21-14-4-2-3-5-15(14)25-18(21)24/h2-9H,10-11H2,1H3,(H,19,23)(H,20,22). The lowest BCUT2D eigenvalue weighted by Gasteiger charge is -2.07. The lowest BCUT2D eigenvalue weighted by molar-refractivity contribution is -0.121. The van der Waals surface area contributed by atoms with Gasteiger partial charge in [0.2, 0.25) is 5.91 Å². The molecule has 7 heteroatoms. The lowest BCUT2D eigenvalue weighted by Crippen LogP contribution is -2.30. The fourth-order valence-corrected chi connectivity index (χ4v) is 2.48. The Morgan fingerprint density at radius 3 is 2.52 bits per heavy atom. The molecule has 25 heavy (non-hydrogen) atoms. The Labute approximate surface area is 143 Å². The molecule has 3 aromatic rings. The molecule has 2 aromatic carbocycles. The van der Waals surface area contributed by atoms with Crippen molar-refractivity contribution in [1.29, 1.82) is 0 Å². The van der Waals surface area contributed by atoms with Gasteiger partial charge in [-0.3, -0.25) is 14.2 Å². The van der Waals surface area contributed by atoms with Gasteiger partial charge in [0.1, 0.15) is 6.54 Å². The summed E-state index contributed by atoms with van der Waals surface area (Å²) < 4.78 is 6.39. The van der Waals surface area contributed by atoms with E-state index in [-0.39, 0.29) is 18.4 Å². The minimum absolute atomic E-state index is 0.119. The lowest BCUT2D eigenvalue weighted by atomic mass is 10.1. The third kappa shape index (κ3) is 3.60. The second-order valence-electron chi connectivity index (χ2n) is 5.47. The van der Waals surface area contributed by atoms with Crippen LogP contribution in [0.1, 0.15) is 15.9 Å². The molecule has 0 atom stereocenters. The summed E-state index contributed by atoms with van der Waals surface area (Å²) in [5, 5.41) is 5.30. The normalized spacial score (nSPS) is 10.6. The molecule has 2 amide bonds. The van der Waals surface area contributed by atoms with Crippen molar-refractivity contribution in [2.75, 3.05) is 7.05 Å². The summed E-state index contributed by atoms with van der Waals surface area (Å²) in [5.41, 5.74) is 2.43. The van der Waals surface area contributed by atoms with Gasteiger partial charge in [0.25, 0.3) is 5.91 Å². The first-order valence-electron chi connectivity index (χ1n) is 7.74. The van der Waals surface area contributed by atoms with Crippen molar-refractivity contribution in [3.8, 4) is 0 Å². The first-order chi connectivity index (χ1) is 12.1. The van der Waals surface area contributed by atoms with Gasteiger partial charge in [-0.1, -0.05) is 24.3 Å². The number of benzene rings is 2. The first-order valence-corrected chi connectivity index (χ1v) is 7.74. The maximum atomic E-state index is 12.1. The SMILES string of the molecule is CNC(=O)c1ccc(CNC(=O)Cn2c(=O)oc3ccccc32)cc1. The first kappa shape index (κ1) is 16.5. The molecule has 0 saturated carbocycles. The van der Waals surface area contributed by atoms with E-state index in [0.29, 0.717) is 23.2 Å². The van der Waals surface area contributed by atoms with Crippen LogP contribution in [0.25, 0.3) is 11.1 Å². The molecule has 3 rings (SSSR count). The van der Waals surface area contributed by atoms with Crippen LogP contribution in [0, 0.1) is 0 Å². The zero-order valence-electron chi connectivity index (χ0n) is 13.6. The van der Waals surface area contributed by atoms with Gasteiger partial charge in [-0.05, 0) is 29.8 Å². The summed E-state index contributed by atoms with van der Waals surface area (Å²) in [5.74, 6) is -1.03. The Hall–Kier alpha value is -3.35. The van der Waals surface area contributed by atoms with Crippen LogP contribution in [-0.4, -0.2) is 23.4 Å². The highest BCUT2D eigenvalue weighted by Crippen LogP contribution is 2.11. The molecule has 0 aliphatic heterocycles. The van der Waals surface area contributed by atoms with Crippen LogP contribution < -0.4 is 16.4 Å². The molecule has 0 unspecified atom stereocenters. The van der Waals surface area contributed by atoms with E-state index < -0.39 is 5.76 Å². The van der Waals surface area contributed by atoms with Gasteiger partial charge in [0.05, 0.1) is 5.52 Å². The number of nitrogens with zero attached hydrogens (tertiary/aromatic N) is 1. The smallest absolute Gasteiger partial charge is 0.408 e. The van der Waals surface area contributed by atoms with Crippen molar-refractivity contribution in [3.63, 3.8) is 0 Å². The van der Waals surface area contributed by atoms with Gasteiger partial charge >= 0.3 is 5.76 Å². The third-order valence-electron chi connectivity index (χ3n) is 3.81. The molecule has 0 radical (unpaired) electrons. The van der Waals surface area contributed by atoms with E-state index in [4.69, 9.17) is 4.42 Å². The molecular weight excluding hydrogens is 322 g/mol. The van der Waals surface area contributed by atoms with Crippen LogP contribution in [0.4, 0.5) is 0 Å². The second-order valence-corrected chi connectivity index (χ2v) is 5.47. The average Bonchev–Trinajstić information content (AvgIpc) is 2.95. The molecule has 128 valence electrons. The summed E-state index contributed by atoms with van der Waals surface area (Å²) in [6.45, 7) is 0.184. The Balaban J connectivity index is 1.64. The predicted molar refractivity (Wildman–Crippen MR) is 92.2 cm³/mol. The molecule has 1 aromatic heterocycles. The summed E-state index contributed by atoms with van der Waals surface area (Å²) in [6, 6.07) is 13.9. The molecule has 1 heterocycles. The van der Waals surface area contributed by atoms with Crippen molar-refractivity contribution in [2.45, 2.75) is 13.1 Å². The zero-order chi connectivity index (χ0) is 17.8. The van der Waals surface area contributed by atoms with Gasteiger partial charge in [0, 0.05) is 19.2 Å².